The summed E-state index contributed by atoms with van der Waals surface area (Å²) in [4.78, 5) is 24.3. The zero-order valence-corrected chi connectivity index (χ0v) is 13.8. The quantitative estimate of drug-likeness (QED) is 0.679. The third-order valence-electron chi connectivity index (χ3n) is 5.46. The second-order valence-electron chi connectivity index (χ2n) is 7.41. The summed E-state index contributed by atoms with van der Waals surface area (Å²) in [7, 11) is 0. The van der Waals surface area contributed by atoms with Crippen LogP contribution in [0.25, 0.3) is 0 Å². The Morgan fingerprint density at radius 1 is 1.10 bits per heavy atom. The van der Waals surface area contributed by atoms with E-state index >= 15 is 0 Å². The monoisotopic (exact) mass is 298 g/mol. The van der Waals surface area contributed by atoms with Crippen molar-refractivity contribution in [1.29, 1.82) is 0 Å². The van der Waals surface area contributed by atoms with E-state index < -0.39 is 22.3 Å². The third-order valence-corrected chi connectivity index (χ3v) is 5.46. The Balaban J connectivity index is 2.94. The predicted molar refractivity (Wildman–Crippen MR) is 82.8 cm³/mol. The maximum absolute atomic E-state index is 12.8. The van der Waals surface area contributed by atoms with Gasteiger partial charge >= 0.3 is 5.97 Å². The van der Waals surface area contributed by atoms with Crippen LogP contribution in [0.15, 0.2) is 0 Å². The topological polar surface area (TPSA) is 92.4 Å². The minimum absolute atomic E-state index is 0.0915. The van der Waals surface area contributed by atoms with Crippen LogP contribution < -0.4 is 11.1 Å². The van der Waals surface area contributed by atoms with Crippen molar-refractivity contribution in [2.45, 2.75) is 71.8 Å². The first-order valence-corrected chi connectivity index (χ1v) is 7.85. The second kappa shape index (κ2) is 6.34. The van der Waals surface area contributed by atoms with Gasteiger partial charge in [0.15, 0.2) is 0 Å². The van der Waals surface area contributed by atoms with Crippen molar-refractivity contribution in [3.63, 3.8) is 0 Å². The first-order chi connectivity index (χ1) is 9.59. The van der Waals surface area contributed by atoms with Crippen molar-refractivity contribution in [2.24, 2.45) is 16.6 Å². The minimum atomic E-state index is -1.05. The Bertz CT molecular complexity index is 394. The van der Waals surface area contributed by atoms with Crippen LogP contribution in [0.3, 0.4) is 0 Å². The number of rotatable bonds is 5. The van der Waals surface area contributed by atoms with E-state index in [0.29, 0.717) is 6.54 Å². The smallest absolute Gasteiger partial charge is 0.311 e. The van der Waals surface area contributed by atoms with Crippen molar-refractivity contribution in [2.75, 3.05) is 6.54 Å². The molecule has 1 aliphatic rings. The van der Waals surface area contributed by atoms with Crippen molar-refractivity contribution in [3.8, 4) is 0 Å². The predicted octanol–water partition coefficient (Wildman–Crippen LogP) is 2.29. The number of nitrogens with one attached hydrogen (secondary N) is 1. The fourth-order valence-electron chi connectivity index (χ4n) is 2.77. The van der Waals surface area contributed by atoms with Gasteiger partial charge in [-0.3, -0.25) is 9.59 Å². The zero-order valence-electron chi connectivity index (χ0n) is 13.8. The van der Waals surface area contributed by atoms with E-state index in [9.17, 15) is 14.7 Å². The maximum atomic E-state index is 12.8. The summed E-state index contributed by atoms with van der Waals surface area (Å²) in [6.07, 6.45) is 5.87. The van der Waals surface area contributed by atoms with Crippen molar-refractivity contribution >= 4 is 11.9 Å². The van der Waals surface area contributed by atoms with Crippen LogP contribution in [0.5, 0.6) is 0 Å². The summed E-state index contributed by atoms with van der Waals surface area (Å²) in [5, 5.41) is 12.4. The molecule has 1 rings (SSSR count). The Morgan fingerprint density at radius 3 is 1.95 bits per heavy atom. The highest BCUT2D eigenvalue weighted by atomic mass is 16.4. The Labute approximate surface area is 127 Å². The molecule has 0 aromatic carbocycles. The first kappa shape index (κ1) is 18.0. The SMILES string of the molecule is CC(C)(NC(=O)C1(CN)CCCCCC1)C(C)(C)C(=O)O. The van der Waals surface area contributed by atoms with E-state index in [-0.39, 0.29) is 5.91 Å². The lowest BCUT2D eigenvalue weighted by Gasteiger charge is -2.42. The van der Waals surface area contributed by atoms with Gasteiger partial charge in [-0.05, 0) is 40.5 Å². The highest BCUT2D eigenvalue weighted by Crippen LogP contribution is 2.37. The summed E-state index contributed by atoms with van der Waals surface area (Å²) in [5.74, 6) is -1.01. The number of aliphatic carboxylic acids is 1. The summed E-state index contributed by atoms with van der Waals surface area (Å²) >= 11 is 0. The van der Waals surface area contributed by atoms with E-state index in [1.54, 1.807) is 27.7 Å². The standard InChI is InChI=1S/C16H30N2O3/c1-14(2,13(20)21)15(3,4)18-12(19)16(11-17)9-7-5-6-8-10-16/h5-11,17H2,1-4H3,(H,18,19)(H,20,21). The van der Waals surface area contributed by atoms with Gasteiger partial charge in [-0.2, -0.15) is 0 Å². The van der Waals surface area contributed by atoms with Gasteiger partial charge in [0, 0.05) is 12.1 Å². The van der Waals surface area contributed by atoms with Gasteiger partial charge in [-0.25, -0.2) is 0 Å². The molecule has 0 aromatic heterocycles. The number of carboxylic acids is 1. The lowest BCUT2D eigenvalue weighted by Crippen LogP contribution is -2.60. The molecule has 1 aliphatic carbocycles. The molecule has 0 bridgehead atoms. The summed E-state index contributed by atoms with van der Waals surface area (Å²) in [6.45, 7) is 7.12. The zero-order chi connectivity index (χ0) is 16.3. The van der Waals surface area contributed by atoms with E-state index in [1.807, 2.05) is 0 Å². The van der Waals surface area contributed by atoms with Crippen LogP contribution in [0.2, 0.25) is 0 Å². The number of nitrogens with two attached hydrogens (primary N) is 1. The number of amides is 1. The molecular weight excluding hydrogens is 268 g/mol. The van der Waals surface area contributed by atoms with E-state index in [0.717, 1.165) is 38.5 Å². The molecule has 4 N–H and O–H groups in total. The van der Waals surface area contributed by atoms with E-state index in [2.05, 4.69) is 5.32 Å². The third kappa shape index (κ3) is 3.57. The number of carbonyl (C=O) groups is 2. The number of hydrogen-bond donors (Lipinski definition) is 3. The molecule has 1 saturated carbocycles. The largest absolute Gasteiger partial charge is 0.481 e. The lowest BCUT2D eigenvalue weighted by molar-refractivity contribution is -0.152. The van der Waals surface area contributed by atoms with Gasteiger partial charge < -0.3 is 16.2 Å². The van der Waals surface area contributed by atoms with Crippen LogP contribution in [-0.2, 0) is 9.59 Å². The molecule has 0 aliphatic heterocycles. The van der Waals surface area contributed by atoms with Crippen molar-refractivity contribution < 1.29 is 14.7 Å². The molecular formula is C16H30N2O3. The highest BCUT2D eigenvalue weighted by Gasteiger charge is 2.47. The molecule has 1 amide bonds. The molecule has 0 spiro atoms. The highest BCUT2D eigenvalue weighted by molar-refractivity contribution is 5.85. The molecule has 0 atom stereocenters. The molecule has 0 saturated heterocycles. The summed E-state index contributed by atoms with van der Waals surface area (Å²) < 4.78 is 0. The number of hydrogen-bond acceptors (Lipinski definition) is 3. The normalized spacial score (nSPS) is 19.7. The number of carbonyl (C=O) groups excluding carboxylic acids is 1. The van der Waals surface area contributed by atoms with Crippen LogP contribution >= 0.6 is 0 Å². The molecule has 0 heterocycles. The van der Waals surface area contributed by atoms with Gasteiger partial charge in [-0.15, -0.1) is 0 Å². The van der Waals surface area contributed by atoms with E-state index in [1.165, 1.54) is 0 Å². The van der Waals surface area contributed by atoms with Crippen LogP contribution in [0.1, 0.15) is 66.2 Å². The summed E-state index contributed by atoms with van der Waals surface area (Å²) in [5.41, 5.74) is 3.48. The van der Waals surface area contributed by atoms with Crippen molar-refractivity contribution in [1.82, 2.24) is 5.32 Å². The maximum Gasteiger partial charge on any atom is 0.311 e. The Morgan fingerprint density at radius 2 is 1.57 bits per heavy atom. The molecule has 122 valence electrons. The fraction of sp³-hybridized carbons (Fsp3) is 0.875. The van der Waals surface area contributed by atoms with Gasteiger partial charge in [0.25, 0.3) is 0 Å². The van der Waals surface area contributed by atoms with Crippen LogP contribution in [0.4, 0.5) is 0 Å². The summed E-state index contributed by atoms with van der Waals surface area (Å²) in [6, 6.07) is 0. The molecule has 5 nitrogen and oxygen atoms in total. The lowest BCUT2D eigenvalue weighted by atomic mass is 9.72. The Hall–Kier alpha value is -1.10. The molecule has 0 radical (unpaired) electrons. The fourth-order valence-corrected chi connectivity index (χ4v) is 2.77. The molecule has 1 fully saturated rings. The van der Waals surface area contributed by atoms with Gasteiger partial charge in [0.05, 0.1) is 10.8 Å². The second-order valence-corrected chi connectivity index (χ2v) is 7.41. The van der Waals surface area contributed by atoms with E-state index in [4.69, 9.17) is 5.73 Å². The van der Waals surface area contributed by atoms with Crippen LogP contribution in [-0.4, -0.2) is 29.1 Å². The molecule has 0 unspecified atom stereocenters. The average molecular weight is 298 g/mol. The van der Waals surface area contributed by atoms with Gasteiger partial charge in [-0.1, -0.05) is 25.7 Å². The average Bonchev–Trinajstić information content (AvgIpc) is 2.63. The first-order valence-electron chi connectivity index (χ1n) is 7.85. The molecule has 0 aromatic rings. The van der Waals surface area contributed by atoms with Gasteiger partial charge in [0.1, 0.15) is 0 Å². The molecule has 21 heavy (non-hydrogen) atoms. The molecule has 5 heteroatoms. The number of carboxylic acid groups (broad SMARTS) is 1. The van der Waals surface area contributed by atoms with Crippen molar-refractivity contribution in [3.05, 3.63) is 0 Å². The minimum Gasteiger partial charge on any atom is -0.481 e. The van der Waals surface area contributed by atoms with Crippen LogP contribution in [0, 0.1) is 10.8 Å². The van der Waals surface area contributed by atoms with Gasteiger partial charge in [0.2, 0.25) is 5.91 Å². The Kier molecular flexibility index (Phi) is 5.42.